The quantitative estimate of drug-likeness (QED) is 0.216. The molecule has 0 aliphatic rings. The van der Waals surface area contributed by atoms with Gasteiger partial charge in [-0.1, -0.05) is 45.4 Å². The Morgan fingerprint density at radius 1 is 0.895 bits per heavy atom. The number of hydrogen-bond acceptors (Lipinski definition) is 4. The van der Waals surface area contributed by atoms with Crippen molar-refractivity contribution in [1.82, 2.24) is 0 Å². The van der Waals surface area contributed by atoms with Gasteiger partial charge >= 0.3 is 0 Å². The first-order chi connectivity index (χ1) is 8.83. The van der Waals surface area contributed by atoms with E-state index in [0.29, 0.717) is 0 Å². The highest BCUT2D eigenvalue weighted by Gasteiger charge is 2.19. The fourth-order valence-electron chi connectivity index (χ4n) is 1.78. The Balaban J connectivity index is 4.04. The Labute approximate surface area is 124 Å². The van der Waals surface area contributed by atoms with E-state index >= 15 is 0 Å². The molecule has 110 valence electrons. The lowest BCUT2D eigenvalue weighted by Gasteiger charge is -2.20. The lowest BCUT2D eigenvalue weighted by molar-refractivity contribution is 0.393. The SMILES string of the molecule is CCCCCCCCC(C)(C)N=NC(C)(C)N=C=S. The third-order valence-corrected chi connectivity index (χ3v) is 3.12. The lowest BCUT2D eigenvalue weighted by atomic mass is 9.97. The summed E-state index contributed by atoms with van der Waals surface area (Å²) in [5.74, 6) is 0. The summed E-state index contributed by atoms with van der Waals surface area (Å²) in [6.45, 7) is 10.3. The fourth-order valence-corrected chi connectivity index (χ4v) is 2.00. The minimum Gasteiger partial charge on any atom is -0.201 e. The van der Waals surface area contributed by atoms with Crippen LogP contribution < -0.4 is 0 Å². The molecule has 4 heteroatoms. The van der Waals surface area contributed by atoms with Gasteiger partial charge in [0.2, 0.25) is 0 Å². The molecule has 0 bridgehead atoms. The monoisotopic (exact) mass is 283 g/mol. The van der Waals surface area contributed by atoms with Crippen LogP contribution in [0, 0.1) is 0 Å². The van der Waals surface area contributed by atoms with E-state index in [4.69, 9.17) is 0 Å². The largest absolute Gasteiger partial charge is 0.201 e. The van der Waals surface area contributed by atoms with Crippen LogP contribution in [0.4, 0.5) is 0 Å². The highest BCUT2D eigenvalue weighted by Crippen LogP contribution is 2.22. The van der Waals surface area contributed by atoms with E-state index in [1.165, 1.54) is 38.5 Å². The Hall–Kier alpha value is -0.600. The van der Waals surface area contributed by atoms with Crippen LogP contribution in [0.1, 0.15) is 79.6 Å². The summed E-state index contributed by atoms with van der Waals surface area (Å²) in [6, 6.07) is 0. The predicted octanol–water partition coefficient (Wildman–Crippen LogP) is 5.81. The normalized spacial score (nSPS) is 12.7. The van der Waals surface area contributed by atoms with Crippen molar-refractivity contribution in [2.75, 3.05) is 0 Å². The van der Waals surface area contributed by atoms with E-state index in [1.54, 1.807) is 0 Å². The van der Waals surface area contributed by atoms with Gasteiger partial charge in [0.05, 0.1) is 10.7 Å². The summed E-state index contributed by atoms with van der Waals surface area (Å²) in [5, 5.41) is 11.1. The number of aliphatic imine (C=N–C) groups is 1. The van der Waals surface area contributed by atoms with Crippen LogP contribution in [-0.4, -0.2) is 16.4 Å². The first-order valence-electron chi connectivity index (χ1n) is 7.36. The Morgan fingerprint density at radius 3 is 2.05 bits per heavy atom. The average Bonchev–Trinajstić information content (AvgIpc) is 2.32. The van der Waals surface area contributed by atoms with E-state index in [0.717, 1.165) is 6.42 Å². The molecule has 0 atom stereocenters. The molecule has 0 unspecified atom stereocenters. The van der Waals surface area contributed by atoms with Gasteiger partial charge in [-0.15, -0.1) is 0 Å². The molecular weight excluding hydrogens is 254 g/mol. The van der Waals surface area contributed by atoms with Gasteiger partial charge in [-0.05, 0) is 46.3 Å². The number of rotatable bonds is 10. The minimum atomic E-state index is -0.583. The van der Waals surface area contributed by atoms with Crippen LogP contribution in [0.2, 0.25) is 0 Å². The average molecular weight is 283 g/mol. The van der Waals surface area contributed by atoms with Crippen LogP contribution >= 0.6 is 12.2 Å². The van der Waals surface area contributed by atoms with Crippen molar-refractivity contribution in [3.05, 3.63) is 0 Å². The summed E-state index contributed by atoms with van der Waals surface area (Å²) >= 11 is 4.61. The van der Waals surface area contributed by atoms with Crippen molar-refractivity contribution in [2.24, 2.45) is 15.2 Å². The first-order valence-corrected chi connectivity index (χ1v) is 7.77. The van der Waals surface area contributed by atoms with E-state index < -0.39 is 5.66 Å². The van der Waals surface area contributed by atoms with E-state index in [9.17, 15) is 0 Å². The van der Waals surface area contributed by atoms with Crippen LogP contribution in [-0.2, 0) is 0 Å². The summed E-state index contributed by atoms with van der Waals surface area (Å²) in [4.78, 5) is 3.99. The Morgan fingerprint density at radius 2 is 1.47 bits per heavy atom. The molecule has 0 aliphatic carbocycles. The molecule has 0 aromatic carbocycles. The van der Waals surface area contributed by atoms with Crippen LogP contribution in [0.25, 0.3) is 0 Å². The number of nitrogens with zero attached hydrogens (tertiary/aromatic N) is 3. The van der Waals surface area contributed by atoms with Crippen LogP contribution in [0.3, 0.4) is 0 Å². The van der Waals surface area contributed by atoms with Gasteiger partial charge in [-0.3, -0.25) is 0 Å². The smallest absolute Gasteiger partial charge is 0.174 e. The van der Waals surface area contributed by atoms with Crippen molar-refractivity contribution >= 4 is 17.4 Å². The molecule has 0 N–H and O–H groups in total. The molecule has 0 fully saturated rings. The highest BCUT2D eigenvalue weighted by atomic mass is 32.1. The molecule has 0 saturated carbocycles. The molecule has 0 amide bonds. The van der Waals surface area contributed by atoms with Gasteiger partial charge in [-0.2, -0.15) is 10.2 Å². The van der Waals surface area contributed by atoms with Crippen molar-refractivity contribution in [2.45, 2.75) is 90.8 Å². The first kappa shape index (κ1) is 18.4. The van der Waals surface area contributed by atoms with Crippen LogP contribution in [0.5, 0.6) is 0 Å². The maximum Gasteiger partial charge on any atom is 0.174 e. The van der Waals surface area contributed by atoms with Crippen molar-refractivity contribution in [1.29, 1.82) is 0 Å². The molecule has 0 radical (unpaired) electrons. The second kappa shape index (κ2) is 9.33. The third kappa shape index (κ3) is 11.0. The van der Waals surface area contributed by atoms with Gasteiger partial charge in [0, 0.05) is 0 Å². The zero-order valence-corrected chi connectivity index (χ0v) is 14.0. The van der Waals surface area contributed by atoms with Crippen molar-refractivity contribution in [3.8, 4) is 0 Å². The molecule has 0 rings (SSSR count). The van der Waals surface area contributed by atoms with E-state index in [1.807, 2.05) is 13.8 Å². The second-order valence-electron chi connectivity index (χ2n) is 6.23. The molecule has 0 heterocycles. The van der Waals surface area contributed by atoms with Crippen LogP contribution in [0.15, 0.2) is 15.2 Å². The zero-order chi connectivity index (χ0) is 14.8. The van der Waals surface area contributed by atoms with Gasteiger partial charge in [0.25, 0.3) is 0 Å². The summed E-state index contributed by atoms with van der Waals surface area (Å²) in [7, 11) is 0. The standard InChI is InChI=1S/C15H29N3S/c1-6-7-8-9-10-11-12-14(2,3)17-18-15(4,5)16-13-19/h6-12H2,1-5H3. The Kier molecular flexibility index (Phi) is 9.03. The molecule has 0 aliphatic heterocycles. The molecule has 19 heavy (non-hydrogen) atoms. The van der Waals surface area contributed by atoms with Gasteiger partial charge in [-0.25, -0.2) is 4.99 Å². The van der Waals surface area contributed by atoms with E-state index in [2.05, 4.69) is 53.4 Å². The molecular formula is C15H29N3S. The van der Waals surface area contributed by atoms with E-state index in [-0.39, 0.29) is 5.54 Å². The van der Waals surface area contributed by atoms with Gasteiger partial charge < -0.3 is 0 Å². The van der Waals surface area contributed by atoms with Gasteiger partial charge in [0.1, 0.15) is 0 Å². The minimum absolute atomic E-state index is 0.112. The molecule has 0 aromatic rings. The Bertz CT molecular complexity index is 315. The molecule has 3 nitrogen and oxygen atoms in total. The number of hydrogen-bond donors (Lipinski definition) is 0. The number of thiocarbonyl (C=S) groups is 1. The maximum absolute atomic E-state index is 4.61. The summed E-state index contributed by atoms with van der Waals surface area (Å²) in [6.07, 6.45) is 8.92. The molecule has 0 spiro atoms. The fraction of sp³-hybridized carbons (Fsp3) is 0.933. The lowest BCUT2D eigenvalue weighted by Crippen LogP contribution is -2.19. The second-order valence-corrected chi connectivity index (χ2v) is 6.41. The molecule has 0 saturated heterocycles. The number of azo groups is 1. The third-order valence-electron chi connectivity index (χ3n) is 3.03. The maximum atomic E-state index is 4.61. The van der Waals surface area contributed by atoms with Crippen molar-refractivity contribution in [3.63, 3.8) is 0 Å². The molecule has 0 aromatic heterocycles. The topological polar surface area (TPSA) is 37.1 Å². The van der Waals surface area contributed by atoms with Crippen molar-refractivity contribution < 1.29 is 0 Å². The number of unbranched alkanes of at least 4 members (excludes halogenated alkanes) is 5. The number of isothiocyanates is 1. The zero-order valence-electron chi connectivity index (χ0n) is 13.2. The van der Waals surface area contributed by atoms with Gasteiger partial charge in [0.15, 0.2) is 5.66 Å². The summed E-state index contributed by atoms with van der Waals surface area (Å²) in [5.41, 5.74) is -0.695. The summed E-state index contributed by atoms with van der Waals surface area (Å²) < 4.78 is 0. The predicted molar refractivity (Wildman–Crippen MR) is 86.0 cm³/mol. The highest BCUT2D eigenvalue weighted by molar-refractivity contribution is 7.78.